The van der Waals surface area contributed by atoms with Crippen molar-refractivity contribution in [2.24, 2.45) is 4.99 Å². The number of aromatic nitrogens is 4. The van der Waals surface area contributed by atoms with Crippen LogP contribution < -0.4 is 0 Å². The van der Waals surface area contributed by atoms with E-state index in [-0.39, 0.29) is 17.8 Å². The van der Waals surface area contributed by atoms with Crippen LogP contribution in [0, 0.1) is 0 Å². The van der Waals surface area contributed by atoms with Crippen LogP contribution in [-0.4, -0.2) is 92.0 Å². The minimum atomic E-state index is -0.452. The maximum Gasteiger partial charge on any atom is 0.175 e. The van der Waals surface area contributed by atoms with Crippen LogP contribution in [0.4, 0.5) is 0 Å². The summed E-state index contributed by atoms with van der Waals surface area (Å²) in [5.41, 5.74) is 1.93. The Labute approximate surface area is 277 Å². The number of phenols is 2. The van der Waals surface area contributed by atoms with Crippen molar-refractivity contribution in [3.05, 3.63) is 96.1 Å². The Hall–Kier alpha value is -4.07. The summed E-state index contributed by atoms with van der Waals surface area (Å²) in [6.07, 6.45) is 6.43. The standard InChI is InChI=1S/C35H48N6O6/c1-5-44-32(45-6-2)25-40-21-18-36-31(40)24-39(23-27-13-9-11-15-29(27)42)20-17-37-34(28-14-10-12-16-30(28)43)35-38-19-22-41(35)26-33(46-7-3)47-8-4/h9-16,18-19,21-22,32-33,42-43H,5-8,17,20,23-26H2,1-4H3/b37-34-. The Balaban J connectivity index is 1.62. The SMILES string of the molecule is CCOC(Cn1ccnc1CN(CC/N=C(/c1ccccc1O)c1nccn1CC(OCC)OCC)Cc1ccccc1O)OCC. The van der Waals surface area contributed by atoms with E-state index in [0.717, 1.165) is 11.4 Å². The molecule has 0 saturated heterocycles. The second kappa shape index (κ2) is 18.9. The van der Waals surface area contributed by atoms with Crippen LogP contribution >= 0.6 is 0 Å². The van der Waals surface area contributed by atoms with Gasteiger partial charge < -0.3 is 38.3 Å². The van der Waals surface area contributed by atoms with Crippen LogP contribution in [0.2, 0.25) is 0 Å². The molecular weight excluding hydrogens is 600 g/mol. The van der Waals surface area contributed by atoms with Gasteiger partial charge in [-0.15, -0.1) is 0 Å². The molecule has 2 aromatic heterocycles. The summed E-state index contributed by atoms with van der Waals surface area (Å²) < 4.78 is 27.1. The topological polar surface area (TPSA) is 129 Å². The van der Waals surface area contributed by atoms with Gasteiger partial charge >= 0.3 is 0 Å². The molecule has 4 aromatic rings. The largest absolute Gasteiger partial charge is 0.508 e. The van der Waals surface area contributed by atoms with Gasteiger partial charge in [-0.3, -0.25) is 9.89 Å². The van der Waals surface area contributed by atoms with E-state index in [1.165, 1.54) is 0 Å². The summed E-state index contributed by atoms with van der Waals surface area (Å²) in [6.45, 7) is 12.7. The van der Waals surface area contributed by atoms with Crippen LogP contribution in [0.3, 0.4) is 0 Å². The van der Waals surface area contributed by atoms with Gasteiger partial charge in [0, 0.05) is 75.4 Å². The molecule has 0 saturated carbocycles. The molecular formula is C35H48N6O6. The van der Waals surface area contributed by atoms with Crippen LogP contribution in [0.25, 0.3) is 0 Å². The Morgan fingerprint density at radius 1 is 0.745 bits per heavy atom. The van der Waals surface area contributed by atoms with E-state index < -0.39 is 6.29 Å². The van der Waals surface area contributed by atoms with Crippen LogP contribution in [0.1, 0.15) is 50.5 Å². The van der Waals surface area contributed by atoms with E-state index in [0.29, 0.717) is 82.8 Å². The number of hydrogen-bond acceptors (Lipinski definition) is 10. The molecule has 2 aromatic carbocycles. The summed E-state index contributed by atoms with van der Waals surface area (Å²) >= 11 is 0. The fraction of sp³-hybridized carbons (Fsp3) is 0.457. The van der Waals surface area contributed by atoms with Gasteiger partial charge in [-0.05, 0) is 45.9 Å². The van der Waals surface area contributed by atoms with Crippen LogP contribution in [0.15, 0.2) is 78.3 Å². The molecule has 0 unspecified atom stereocenters. The minimum Gasteiger partial charge on any atom is -0.508 e. The first-order valence-electron chi connectivity index (χ1n) is 16.3. The molecule has 47 heavy (non-hydrogen) atoms. The molecule has 0 aliphatic carbocycles. The number of phenolic OH excluding ortho intramolecular Hbond substituents is 2. The van der Waals surface area contributed by atoms with Gasteiger partial charge in [0.05, 0.1) is 26.2 Å². The van der Waals surface area contributed by atoms with Crippen molar-refractivity contribution in [1.82, 2.24) is 24.0 Å². The van der Waals surface area contributed by atoms with Gasteiger partial charge in [-0.1, -0.05) is 30.3 Å². The smallest absolute Gasteiger partial charge is 0.175 e. The maximum atomic E-state index is 10.9. The average molecular weight is 649 g/mol. The number of imidazole rings is 2. The van der Waals surface area contributed by atoms with Gasteiger partial charge in [0.25, 0.3) is 0 Å². The van der Waals surface area contributed by atoms with Gasteiger partial charge in [0.2, 0.25) is 0 Å². The third kappa shape index (κ3) is 10.5. The first-order valence-corrected chi connectivity index (χ1v) is 16.3. The third-order valence-corrected chi connectivity index (χ3v) is 7.43. The van der Waals surface area contributed by atoms with Crippen LogP contribution in [0.5, 0.6) is 11.5 Å². The number of ether oxygens (including phenoxy) is 4. The molecule has 4 rings (SSSR count). The fourth-order valence-corrected chi connectivity index (χ4v) is 5.26. The quantitative estimate of drug-likeness (QED) is 0.0965. The lowest BCUT2D eigenvalue weighted by Gasteiger charge is -2.24. The second-order valence-corrected chi connectivity index (χ2v) is 10.7. The van der Waals surface area contributed by atoms with E-state index in [1.54, 1.807) is 30.6 Å². The van der Waals surface area contributed by atoms with Gasteiger partial charge in [-0.2, -0.15) is 0 Å². The molecule has 2 heterocycles. The number of benzene rings is 2. The fourth-order valence-electron chi connectivity index (χ4n) is 5.26. The highest BCUT2D eigenvalue weighted by molar-refractivity contribution is 6.12. The van der Waals surface area contributed by atoms with Gasteiger partial charge in [0.15, 0.2) is 18.4 Å². The Morgan fingerprint density at radius 2 is 1.32 bits per heavy atom. The zero-order valence-corrected chi connectivity index (χ0v) is 27.9. The minimum absolute atomic E-state index is 0.109. The first-order chi connectivity index (χ1) is 23.0. The number of rotatable bonds is 21. The Bertz CT molecular complexity index is 1510. The molecule has 0 fully saturated rings. The number of hydrogen-bond donors (Lipinski definition) is 2. The molecule has 254 valence electrons. The van der Waals surface area contributed by atoms with Crippen molar-refractivity contribution >= 4 is 5.71 Å². The maximum absolute atomic E-state index is 10.9. The molecule has 0 radical (unpaired) electrons. The molecule has 12 heteroatoms. The molecule has 0 amide bonds. The highest BCUT2D eigenvalue weighted by Gasteiger charge is 2.20. The van der Waals surface area contributed by atoms with Crippen molar-refractivity contribution in [2.45, 2.75) is 66.5 Å². The molecule has 0 aliphatic rings. The first kappa shape index (κ1) is 35.8. The predicted octanol–water partition coefficient (Wildman–Crippen LogP) is 4.83. The van der Waals surface area contributed by atoms with Crippen molar-refractivity contribution in [1.29, 1.82) is 0 Å². The zero-order chi connectivity index (χ0) is 33.4. The number of para-hydroxylation sites is 2. The number of aliphatic imine (C=N–C) groups is 1. The zero-order valence-electron chi connectivity index (χ0n) is 27.9. The van der Waals surface area contributed by atoms with E-state index in [4.69, 9.17) is 23.9 Å². The second-order valence-electron chi connectivity index (χ2n) is 10.7. The third-order valence-electron chi connectivity index (χ3n) is 7.43. The van der Waals surface area contributed by atoms with E-state index in [9.17, 15) is 10.2 Å². The van der Waals surface area contributed by atoms with Crippen molar-refractivity contribution in [3.8, 4) is 11.5 Å². The average Bonchev–Trinajstić information content (AvgIpc) is 3.70. The summed E-state index contributed by atoms with van der Waals surface area (Å²) in [5, 5.41) is 21.5. The van der Waals surface area contributed by atoms with E-state index in [2.05, 4.69) is 14.9 Å². The van der Waals surface area contributed by atoms with Crippen molar-refractivity contribution in [3.63, 3.8) is 0 Å². The predicted molar refractivity (Wildman–Crippen MR) is 179 cm³/mol. The summed E-state index contributed by atoms with van der Waals surface area (Å²) in [5.74, 6) is 1.77. The molecule has 0 aliphatic heterocycles. The highest BCUT2D eigenvalue weighted by atomic mass is 16.7. The van der Waals surface area contributed by atoms with Crippen molar-refractivity contribution in [2.75, 3.05) is 39.5 Å². The lowest BCUT2D eigenvalue weighted by Crippen LogP contribution is -2.30. The van der Waals surface area contributed by atoms with Gasteiger partial charge in [0.1, 0.15) is 23.0 Å². The van der Waals surface area contributed by atoms with Gasteiger partial charge in [-0.25, -0.2) is 9.97 Å². The highest BCUT2D eigenvalue weighted by Crippen LogP contribution is 2.22. The molecule has 0 atom stereocenters. The monoisotopic (exact) mass is 648 g/mol. The van der Waals surface area contributed by atoms with Crippen LogP contribution in [-0.2, 0) is 45.1 Å². The summed E-state index contributed by atoms with van der Waals surface area (Å²) in [6, 6.07) is 14.4. The normalized spacial score (nSPS) is 12.2. The molecule has 0 spiro atoms. The van der Waals surface area contributed by atoms with E-state index in [1.807, 2.05) is 79.6 Å². The molecule has 2 N–H and O–H groups in total. The summed E-state index contributed by atoms with van der Waals surface area (Å²) in [7, 11) is 0. The number of aromatic hydroxyl groups is 2. The Kier molecular flexibility index (Phi) is 14.4. The van der Waals surface area contributed by atoms with E-state index >= 15 is 0 Å². The summed E-state index contributed by atoms with van der Waals surface area (Å²) in [4.78, 5) is 16.5. The molecule has 0 bridgehead atoms. The Morgan fingerprint density at radius 3 is 1.96 bits per heavy atom. The van der Waals surface area contributed by atoms with Crippen molar-refractivity contribution < 1.29 is 29.2 Å². The molecule has 12 nitrogen and oxygen atoms in total. The lowest BCUT2D eigenvalue weighted by molar-refractivity contribution is -0.144. The number of nitrogens with zero attached hydrogens (tertiary/aromatic N) is 6. The lowest BCUT2D eigenvalue weighted by atomic mass is 10.1.